The van der Waals surface area contributed by atoms with E-state index in [0.717, 1.165) is 5.56 Å². The van der Waals surface area contributed by atoms with E-state index in [1.54, 1.807) is 36.4 Å². The van der Waals surface area contributed by atoms with Crippen molar-refractivity contribution in [3.05, 3.63) is 63.6 Å². The number of benzene rings is 2. The fourth-order valence-corrected chi connectivity index (χ4v) is 2.51. The zero-order chi connectivity index (χ0) is 20.0. The van der Waals surface area contributed by atoms with Crippen LogP contribution in [0.25, 0.3) is 0 Å². The third-order valence-electron chi connectivity index (χ3n) is 3.62. The maximum atomic E-state index is 12.1. The first-order valence-corrected chi connectivity index (χ1v) is 8.81. The Morgan fingerprint density at radius 1 is 1.07 bits per heavy atom. The third-order valence-corrected chi connectivity index (χ3v) is 4.36. The van der Waals surface area contributed by atoms with Gasteiger partial charge in [-0.05, 0) is 43.7 Å². The van der Waals surface area contributed by atoms with Gasteiger partial charge in [0, 0.05) is 10.7 Å². The van der Waals surface area contributed by atoms with Crippen molar-refractivity contribution in [2.75, 3.05) is 11.9 Å². The molecule has 0 fully saturated rings. The SMILES string of the molecule is Cc1ccc(NC(=O)COC(=O)[C@H](C)NC(=O)c2ccccc2Cl)cc1Cl. The Labute approximate surface area is 166 Å². The normalized spacial score (nSPS) is 11.4. The number of halogens is 2. The standard InChI is InChI=1S/C19H18Cl2N2O4/c1-11-7-8-13(9-16(11)21)23-17(24)10-27-19(26)12(2)22-18(25)14-5-3-4-6-15(14)20/h3-9,12H,10H2,1-2H3,(H,22,25)(H,23,24)/t12-/m0/s1. The highest BCUT2D eigenvalue weighted by molar-refractivity contribution is 6.33. The van der Waals surface area contributed by atoms with Crippen LogP contribution >= 0.6 is 23.2 Å². The van der Waals surface area contributed by atoms with Crippen LogP contribution < -0.4 is 10.6 Å². The van der Waals surface area contributed by atoms with Gasteiger partial charge in [-0.2, -0.15) is 0 Å². The molecule has 0 spiro atoms. The summed E-state index contributed by atoms with van der Waals surface area (Å²) in [7, 11) is 0. The maximum Gasteiger partial charge on any atom is 0.328 e. The lowest BCUT2D eigenvalue weighted by Gasteiger charge is -2.14. The topological polar surface area (TPSA) is 84.5 Å². The molecule has 27 heavy (non-hydrogen) atoms. The average molecular weight is 409 g/mol. The number of hydrogen-bond donors (Lipinski definition) is 2. The van der Waals surface area contributed by atoms with Crippen molar-refractivity contribution >= 4 is 46.7 Å². The smallest absolute Gasteiger partial charge is 0.328 e. The number of aryl methyl sites for hydroxylation is 1. The van der Waals surface area contributed by atoms with Gasteiger partial charge in [-0.1, -0.05) is 41.4 Å². The summed E-state index contributed by atoms with van der Waals surface area (Å²) in [6.07, 6.45) is 0. The molecule has 1 atom stereocenters. The van der Waals surface area contributed by atoms with E-state index in [1.165, 1.54) is 13.0 Å². The van der Waals surface area contributed by atoms with Gasteiger partial charge in [0.15, 0.2) is 6.61 Å². The zero-order valence-electron chi connectivity index (χ0n) is 14.7. The van der Waals surface area contributed by atoms with Crippen molar-refractivity contribution < 1.29 is 19.1 Å². The molecule has 0 aliphatic heterocycles. The summed E-state index contributed by atoms with van der Waals surface area (Å²) < 4.78 is 4.93. The minimum absolute atomic E-state index is 0.243. The molecule has 2 aromatic carbocycles. The molecule has 0 radical (unpaired) electrons. The first kappa shape index (κ1) is 20.7. The zero-order valence-corrected chi connectivity index (χ0v) is 16.2. The van der Waals surface area contributed by atoms with Gasteiger partial charge in [-0.25, -0.2) is 4.79 Å². The van der Waals surface area contributed by atoms with E-state index >= 15 is 0 Å². The molecule has 2 N–H and O–H groups in total. The second-order valence-electron chi connectivity index (χ2n) is 5.79. The molecule has 2 aromatic rings. The summed E-state index contributed by atoms with van der Waals surface area (Å²) in [6.45, 7) is 2.80. The number of hydrogen-bond acceptors (Lipinski definition) is 4. The second-order valence-corrected chi connectivity index (χ2v) is 6.61. The van der Waals surface area contributed by atoms with Crippen LogP contribution in [0.1, 0.15) is 22.8 Å². The molecular weight excluding hydrogens is 391 g/mol. The Balaban J connectivity index is 1.83. The van der Waals surface area contributed by atoms with Gasteiger partial charge in [-0.15, -0.1) is 0 Å². The van der Waals surface area contributed by atoms with Crippen LogP contribution in [0.15, 0.2) is 42.5 Å². The van der Waals surface area contributed by atoms with Crippen molar-refractivity contribution in [3.63, 3.8) is 0 Å². The molecular formula is C19H18Cl2N2O4. The molecule has 0 heterocycles. The lowest BCUT2D eigenvalue weighted by molar-refractivity contribution is -0.148. The first-order valence-electron chi connectivity index (χ1n) is 8.06. The van der Waals surface area contributed by atoms with Gasteiger partial charge in [0.2, 0.25) is 0 Å². The van der Waals surface area contributed by atoms with Crippen LogP contribution in [0, 0.1) is 6.92 Å². The van der Waals surface area contributed by atoms with E-state index in [1.807, 2.05) is 6.92 Å². The number of esters is 1. The molecule has 8 heteroatoms. The highest BCUT2D eigenvalue weighted by atomic mass is 35.5. The fraction of sp³-hybridized carbons (Fsp3) is 0.211. The summed E-state index contributed by atoms with van der Waals surface area (Å²) in [5, 5.41) is 5.83. The lowest BCUT2D eigenvalue weighted by Crippen LogP contribution is -2.40. The third kappa shape index (κ3) is 5.98. The van der Waals surface area contributed by atoms with Crippen molar-refractivity contribution in [3.8, 4) is 0 Å². The number of rotatable bonds is 6. The van der Waals surface area contributed by atoms with Crippen LogP contribution in [0.4, 0.5) is 5.69 Å². The number of carbonyl (C=O) groups excluding carboxylic acids is 3. The molecule has 0 saturated heterocycles. The highest BCUT2D eigenvalue weighted by Crippen LogP contribution is 2.19. The van der Waals surface area contributed by atoms with E-state index in [4.69, 9.17) is 27.9 Å². The Hall–Kier alpha value is -2.57. The molecule has 0 aromatic heterocycles. The summed E-state index contributed by atoms with van der Waals surface area (Å²) in [5.74, 6) is -1.77. The molecule has 142 valence electrons. The van der Waals surface area contributed by atoms with E-state index < -0.39 is 30.4 Å². The molecule has 0 aliphatic carbocycles. The number of carbonyl (C=O) groups is 3. The van der Waals surface area contributed by atoms with Crippen molar-refractivity contribution in [1.82, 2.24) is 5.32 Å². The molecule has 0 bridgehead atoms. The highest BCUT2D eigenvalue weighted by Gasteiger charge is 2.20. The summed E-state index contributed by atoms with van der Waals surface area (Å²) in [5.41, 5.74) is 1.61. The summed E-state index contributed by atoms with van der Waals surface area (Å²) in [6, 6.07) is 10.6. The van der Waals surface area contributed by atoms with Gasteiger partial charge in [0.25, 0.3) is 11.8 Å². The predicted molar refractivity (Wildman–Crippen MR) is 104 cm³/mol. The molecule has 0 saturated carbocycles. The molecule has 0 aliphatic rings. The largest absolute Gasteiger partial charge is 0.454 e. The van der Waals surface area contributed by atoms with Crippen molar-refractivity contribution in [1.29, 1.82) is 0 Å². The Bertz CT molecular complexity index is 871. The van der Waals surface area contributed by atoms with Crippen LogP contribution in [0.2, 0.25) is 10.0 Å². The van der Waals surface area contributed by atoms with Crippen LogP contribution in [0.5, 0.6) is 0 Å². The minimum Gasteiger partial charge on any atom is -0.454 e. The van der Waals surface area contributed by atoms with E-state index in [-0.39, 0.29) is 10.6 Å². The minimum atomic E-state index is -0.949. The van der Waals surface area contributed by atoms with Crippen LogP contribution in [-0.4, -0.2) is 30.4 Å². The Morgan fingerprint density at radius 2 is 1.78 bits per heavy atom. The second kappa shape index (κ2) is 9.39. The predicted octanol–water partition coefficient (Wildman–Crippen LogP) is 3.60. The van der Waals surface area contributed by atoms with E-state index in [0.29, 0.717) is 10.7 Å². The Kier molecular flexibility index (Phi) is 7.21. The Morgan fingerprint density at radius 3 is 2.44 bits per heavy atom. The van der Waals surface area contributed by atoms with Gasteiger partial charge < -0.3 is 15.4 Å². The lowest BCUT2D eigenvalue weighted by atomic mass is 10.2. The molecule has 6 nitrogen and oxygen atoms in total. The monoisotopic (exact) mass is 408 g/mol. The average Bonchev–Trinajstić information content (AvgIpc) is 2.63. The van der Waals surface area contributed by atoms with Crippen molar-refractivity contribution in [2.24, 2.45) is 0 Å². The number of anilines is 1. The van der Waals surface area contributed by atoms with Crippen molar-refractivity contribution in [2.45, 2.75) is 19.9 Å². The van der Waals surface area contributed by atoms with Crippen LogP contribution in [0.3, 0.4) is 0 Å². The van der Waals surface area contributed by atoms with Gasteiger partial charge in [-0.3, -0.25) is 9.59 Å². The van der Waals surface area contributed by atoms with E-state index in [2.05, 4.69) is 10.6 Å². The van der Waals surface area contributed by atoms with E-state index in [9.17, 15) is 14.4 Å². The van der Waals surface area contributed by atoms with Gasteiger partial charge in [0.1, 0.15) is 6.04 Å². The number of ether oxygens (including phenoxy) is 1. The molecule has 0 unspecified atom stereocenters. The molecule has 2 amide bonds. The number of amides is 2. The number of nitrogens with one attached hydrogen (secondary N) is 2. The quantitative estimate of drug-likeness (QED) is 0.714. The summed E-state index contributed by atoms with van der Waals surface area (Å²) in [4.78, 5) is 36.0. The molecule has 2 rings (SSSR count). The summed E-state index contributed by atoms with van der Waals surface area (Å²) >= 11 is 11.9. The fourth-order valence-electron chi connectivity index (χ4n) is 2.11. The van der Waals surface area contributed by atoms with Crippen LogP contribution in [-0.2, 0) is 14.3 Å². The first-order chi connectivity index (χ1) is 12.8. The van der Waals surface area contributed by atoms with Gasteiger partial charge >= 0.3 is 5.97 Å². The van der Waals surface area contributed by atoms with Gasteiger partial charge in [0.05, 0.1) is 10.6 Å². The maximum absolute atomic E-state index is 12.1.